The highest BCUT2D eigenvalue weighted by molar-refractivity contribution is 6.31. The summed E-state index contributed by atoms with van der Waals surface area (Å²) in [7, 11) is 3.97. The summed E-state index contributed by atoms with van der Waals surface area (Å²) in [6.45, 7) is 0.820. The van der Waals surface area contributed by atoms with Gasteiger partial charge in [0.25, 0.3) is 5.91 Å². The zero-order chi connectivity index (χ0) is 17.1. The molecule has 1 aliphatic rings. The summed E-state index contributed by atoms with van der Waals surface area (Å²) in [5.74, 6) is 0.119. The number of rotatable bonds is 4. The van der Waals surface area contributed by atoms with Crippen LogP contribution in [0.15, 0.2) is 48.5 Å². The van der Waals surface area contributed by atoms with E-state index in [1.807, 2.05) is 66.4 Å². The van der Waals surface area contributed by atoms with Gasteiger partial charge >= 0.3 is 0 Å². The zero-order valence-electron chi connectivity index (χ0n) is 14.2. The predicted molar refractivity (Wildman–Crippen MR) is 100.0 cm³/mol. The van der Waals surface area contributed by atoms with E-state index in [1.165, 1.54) is 0 Å². The van der Waals surface area contributed by atoms with E-state index in [1.54, 1.807) is 0 Å². The molecule has 2 aromatic rings. The number of nitrogens with zero attached hydrogens (tertiary/aromatic N) is 2. The number of benzene rings is 2. The summed E-state index contributed by atoms with van der Waals surface area (Å²) >= 11 is 6.29. The number of carbonyl (C=O) groups excluding carboxylic acids is 1. The molecule has 1 atom stereocenters. The number of amides is 1. The minimum Gasteiger partial charge on any atom is -0.378 e. The molecule has 1 fully saturated rings. The van der Waals surface area contributed by atoms with Crippen LogP contribution < -0.4 is 4.90 Å². The first kappa shape index (κ1) is 16.8. The molecule has 126 valence electrons. The molecule has 0 saturated carbocycles. The van der Waals surface area contributed by atoms with Crippen LogP contribution in [-0.2, 0) is 6.42 Å². The molecule has 0 bridgehead atoms. The number of anilines is 1. The Balaban J connectivity index is 1.79. The standard InChI is InChI=1S/C20H23ClN2O/c1-22(2)17-9-5-8-16(14-17)20(24)23-12-6-10-18(23)13-15-7-3-4-11-19(15)21/h3-5,7-9,11,14,18H,6,10,12-13H2,1-2H3. The maximum atomic E-state index is 13.0. The van der Waals surface area contributed by atoms with Gasteiger partial charge in [-0.1, -0.05) is 35.9 Å². The smallest absolute Gasteiger partial charge is 0.254 e. The topological polar surface area (TPSA) is 23.6 Å². The van der Waals surface area contributed by atoms with Gasteiger partial charge in [-0.2, -0.15) is 0 Å². The lowest BCUT2D eigenvalue weighted by atomic mass is 10.0. The fourth-order valence-corrected chi connectivity index (χ4v) is 3.53. The number of hydrogen-bond donors (Lipinski definition) is 0. The largest absolute Gasteiger partial charge is 0.378 e. The molecule has 1 aliphatic heterocycles. The van der Waals surface area contributed by atoms with Crippen LogP contribution in [0.5, 0.6) is 0 Å². The molecule has 1 unspecified atom stereocenters. The van der Waals surface area contributed by atoms with Gasteiger partial charge < -0.3 is 9.80 Å². The highest BCUT2D eigenvalue weighted by Gasteiger charge is 2.30. The molecule has 0 radical (unpaired) electrons. The first-order chi connectivity index (χ1) is 11.6. The lowest BCUT2D eigenvalue weighted by Gasteiger charge is -2.26. The van der Waals surface area contributed by atoms with Gasteiger partial charge in [0.05, 0.1) is 0 Å². The van der Waals surface area contributed by atoms with Crippen molar-refractivity contribution < 1.29 is 4.79 Å². The molecule has 1 saturated heterocycles. The lowest BCUT2D eigenvalue weighted by Crippen LogP contribution is -2.36. The van der Waals surface area contributed by atoms with Crippen molar-refractivity contribution in [1.82, 2.24) is 4.90 Å². The van der Waals surface area contributed by atoms with E-state index in [0.717, 1.165) is 47.6 Å². The van der Waals surface area contributed by atoms with Gasteiger partial charge in [0.1, 0.15) is 0 Å². The van der Waals surface area contributed by atoms with Crippen LogP contribution in [0, 0.1) is 0 Å². The normalized spacial score (nSPS) is 17.1. The minimum absolute atomic E-state index is 0.119. The first-order valence-electron chi connectivity index (χ1n) is 8.38. The van der Waals surface area contributed by atoms with E-state index in [0.29, 0.717) is 0 Å². The van der Waals surface area contributed by atoms with E-state index in [9.17, 15) is 4.79 Å². The number of halogens is 1. The Morgan fingerprint density at radius 2 is 2.00 bits per heavy atom. The second kappa shape index (κ2) is 7.27. The fourth-order valence-electron chi connectivity index (χ4n) is 3.32. The van der Waals surface area contributed by atoms with Crippen LogP contribution in [0.1, 0.15) is 28.8 Å². The summed E-state index contributed by atoms with van der Waals surface area (Å²) in [6.07, 6.45) is 2.90. The molecule has 0 aliphatic carbocycles. The molecule has 4 heteroatoms. The van der Waals surface area contributed by atoms with Gasteiger partial charge in [-0.25, -0.2) is 0 Å². The number of likely N-dealkylation sites (tertiary alicyclic amines) is 1. The van der Waals surface area contributed by atoms with Crippen molar-refractivity contribution in [2.24, 2.45) is 0 Å². The van der Waals surface area contributed by atoms with Crippen molar-refractivity contribution in [3.05, 3.63) is 64.7 Å². The van der Waals surface area contributed by atoms with E-state index >= 15 is 0 Å². The Kier molecular flexibility index (Phi) is 5.10. The van der Waals surface area contributed by atoms with Gasteiger partial charge in [-0.05, 0) is 49.1 Å². The highest BCUT2D eigenvalue weighted by atomic mass is 35.5. The molecule has 1 heterocycles. The monoisotopic (exact) mass is 342 g/mol. The highest BCUT2D eigenvalue weighted by Crippen LogP contribution is 2.27. The molecule has 3 nitrogen and oxygen atoms in total. The van der Waals surface area contributed by atoms with E-state index in [-0.39, 0.29) is 11.9 Å². The van der Waals surface area contributed by atoms with Gasteiger partial charge in [-0.15, -0.1) is 0 Å². The van der Waals surface area contributed by atoms with Gasteiger partial charge in [-0.3, -0.25) is 4.79 Å². The third-order valence-electron chi connectivity index (χ3n) is 4.66. The van der Waals surface area contributed by atoms with E-state index < -0.39 is 0 Å². The Bertz CT molecular complexity index is 729. The molecule has 0 spiro atoms. The SMILES string of the molecule is CN(C)c1cccc(C(=O)N2CCCC2Cc2ccccc2Cl)c1. The average Bonchev–Trinajstić information content (AvgIpc) is 3.04. The van der Waals surface area contributed by atoms with Crippen molar-refractivity contribution in [3.63, 3.8) is 0 Å². The fraction of sp³-hybridized carbons (Fsp3) is 0.350. The molecular weight excluding hydrogens is 320 g/mol. The van der Waals surface area contributed by atoms with Crippen molar-refractivity contribution in [3.8, 4) is 0 Å². The van der Waals surface area contributed by atoms with Crippen molar-refractivity contribution in [2.75, 3.05) is 25.5 Å². The molecule has 0 aromatic heterocycles. The predicted octanol–water partition coefficient (Wildman–Crippen LogP) is 4.25. The quantitative estimate of drug-likeness (QED) is 0.829. The van der Waals surface area contributed by atoms with Gasteiger partial charge in [0.2, 0.25) is 0 Å². The number of carbonyl (C=O) groups is 1. The molecule has 24 heavy (non-hydrogen) atoms. The van der Waals surface area contributed by atoms with Crippen LogP contribution >= 0.6 is 11.6 Å². The van der Waals surface area contributed by atoms with Crippen molar-refractivity contribution in [1.29, 1.82) is 0 Å². The Labute approximate surface area is 148 Å². The van der Waals surface area contributed by atoms with Crippen LogP contribution in [0.2, 0.25) is 5.02 Å². The Morgan fingerprint density at radius 1 is 1.21 bits per heavy atom. The van der Waals surface area contributed by atoms with Crippen LogP contribution in [0.4, 0.5) is 5.69 Å². The van der Waals surface area contributed by atoms with E-state index in [4.69, 9.17) is 11.6 Å². The summed E-state index contributed by atoms with van der Waals surface area (Å²) in [4.78, 5) is 17.0. The molecular formula is C20H23ClN2O. The molecule has 1 amide bonds. The zero-order valence-corrected chi connectivity index (χ0v) is 15.0. The maximum Gasteiger partial charge on any atom is 0.254 e. The molecule has 3 rings (SSSR count). The van der Waals surface area contributed by atoms with Crippen LogP contribution in [0.25, 0.3) is 0 Å². The van der Waals surface area contributed by atoms with Crippen molar-refractivity contribution in [2.45, 2.75) is 25.3 Å². The van der Waals surface area contributed by atoms with Gasteiger partial charge in [0.15, 0.2) is 0 Å². The lowest BCUT2D eigenvalue weighted by molar-refractivity contribution is 0.0736. The third kappa shape index (κ3) is 3.57. The second-order valence-corrected chi connectivity index (χ2v) is 6.94. The third-order valence-corrected chi connectivity index (χ3v) is 5.03. The summed E-state index contributed by atoms with van der Waals surface area (Å²) in [5.41, 5.74) is 2.92. The summed E-state index contributed by atoms with van der Waals surface area (Å²) in [5, 5.41) is 0.784. The van der Waals surface area contributed by atoms with Gasteiger partial charge in [0, 0.05) is 43.0 Å². The average molecular weight is 343 g/mol. The summed E-state index contributed by atoms with van der Waals surface area (Å²) < 4.78 is 0. The van der Waals surface area contributed by atoms with Crippen LogP contribution in [0.3, 0.4) is 0 Å². The number of hydrogen-bond acceptors (Lipinski definition) is 2. The Morgan fingerprint density at radius 3 is 2.75 bits per heavy atom. The van der Waals surface area contributed by atoms with Crippen molar-refractivity contribution >= 4 is 23.2 Å². The molecule has 2 aromatic carbocycles. The Hall–Kier alpha value is -2.00. The maximum absolute atomic E-state index is 13.0. The van der Waals surface area contributed by atoms with E-state index in [2.05, 4.69) is 6.07 Å². The summed E-state index contributed by atoms with van der Waals surface area (Å²) in [6, 6.07) is 16.0. The second-order valence-electron chi connectivity index (χ2n) is 6.53. The first-order valence-corrected chi connectivity index (χ1v) is 8.76. The minimum atomic E-state index is 0.119. The van der Waals surface area contributed by atoms with Crippen LogP contribution in [-0.4, -0.2) is 37.5 Å². The molecule has 0 N–H and O–H groups in total.